The van der Waals surface area contributed by atoms with Crippen molar-refractivity contribution >= 4 is 11.6 Å². The minimum absolute atomic E-state index is 0.0104. The van der Waals surface area contributed by atoms with Gasteiger partial charge in [0, 0.05) is 30.2 Å². The minimum atomic E-state index is -0.934. The average molecular weight is 363 g/mol. The van der Waals surface area contributed by atoms with Crippen LogP contribution >= 0.6 is 0 Å². The van der Waals surface area contributed by atoms with Gasteiger partial charge in [0.2, 0.25) is 5.91 Å². The van der Waals surface area contributed by atoms with Crippen molar-refractivity contribution in [1.82, 2.24) is 0 Å². The van der Waals surface area contributed by atoms with E-state index in [0.29, 0.717) is 31.2 Å². The Hall–Kier alpha value is -1.59. The Kier molecular flexibility index (Phi) is 6.35. The number of rotatable bonds is 8. The molecule has 0 heterocycles. The fourth-order valence-electron chi connectivity index (χ4n) is 3.30. The van der Waals surface area contributed by atoms with Gasteiger partial charge in [0.25, 0.3) is 0 Å². The van der Waals surface area contributed by atoms with Crippen LogP contribution in [0.5, 0.6) is 5.75 Å². The number of carbonyl (C=O) groups excluding carboxylic acids is 1. The third kappa shape index (κ3) is 4.04. The molecule has 0 spiro atoms. The van der Waals surface area contributed by atoms with Crippen molar-refractivity contribution in [3.05, 3.63) is 23.8 Å². The molecule has 0 bridgehead atoms. The maximum atomic E-state index is 12.8. The molecule has 5 nitrogen and oxygen atoms in total. The van der Waals surface area contributed by atoms with Gasteiger partial charge in [0.15, 0.2) is 0 Å². The Morgan fingerprint density at radius 1 is 1.38 bits per heavy atom. The topological polar surface area (TPSA) is 73.6 Å². The van der Waals surface area contributed by atoms with E-state index in [1.54, 1.807) is 0 Å². The highest BCUT2D eigenvalue weighted by molar-refractivity contribution is 6.00. The van der Waals surface area contributed by atoms with Crippen LogP contribution in [0.2, 0.25) is 0 Å². The van der Waals surface area contributed by atoms with Gasteiger partial charge in [-0.15, -0.1) is 0 Å². The summed E-state index contributed by atoms with van der Waals surface area (Å²) in [5.41, 5.74) is 6.87. The van der Waals surface area contributed by atoms with Crippen molar-refractivity contribution in [1.29, 1.82) is 0 Å². The second-order valence-electron chi connectivity index (χ2n) is 8.31. The Bertz CT molecular complexity index is 642. The molecule has 2 unspecified atom stereocenters. The molecular weight excluding hydrogens is 328 g/mol. The number of nitrogens with two attached hydrogens (primary N) is 1. The van der Waals surface area contributed by atoms with E-state index in [2.05, 4.69) is 19.2 Å². The van der Waals surface area contributed by atoms with Gasteiger partial charge >= 0.3 is 0 Å². The normalized spacial score (nSPS) is 24.2. The third-order valence-corrected chi connectivity index (χ3v) is 5.63. The maximum absolute atomic E-state index is 12.8. The van der Waals surface area contributed by atoms with Crippen LogP contribution in [0.1, 0.15) is 53.0 Å². The quantitative estimate of drug-likeness (QED) is 0.736. The highest BCUT2D eigenvalue weighted by Gasteiger charge is 2.62. The number of hydrogen-bond donors (Lipinski definition) is 2. The first-order chi connectivity index (χ1) is 12.1. The van der Waals surface area contributed by atoms with E-state index in [0.717, 1.165) is 17.7 Å². The molecule has 0 aliphatic heterocycles. The molecule has 2 atom stereocenters. The van der Waals surface area contributed by atoms with E-state index in [4.69, 9.17) is 15.2 Å². The zero-order valence-electron chi connectivity index (χ0n) is 17.0. The number of aryl methyl sites for hydroxylation is 1. The fraction of sp³-hybridized carbons (Fsp3) is 0.667. The third-order valence-electron chi connectivity index (χ3n) is 5.63. The van der Waals surface area contributed by atoms with Crippen LogP contribution in [-0.2, 0) is 9.53 Å². The lowest BCUT2D eigenvalue weighted by molar-refractivity contribution is -0.166. The second-order valence-corrected chi connectivity index (χ2v) is 8.31. The summed E-state index contributed by atoms with van der Waals surface area (Å²) >= 11 is 0. The standard InChI is InChI=1S/C21H34N2O3/c1-7-25-18-13-21(22,20(18,5)6)19(24)23-16-9-8-15(4)17(12-16)26-11-10-14(2)3/h8-9,12,14,18H,7,10-11,13,22H2,1-6H3,(H,23,24). The van der Waals surface area contributed by atoms with Crippen LogP contribution < -0.4 is 15.8 Å². The van der Waals surface area contributed by atoms with Crippen LogP contribution in [0.25, 0.3) is 0 Å². The summed E-state index contributed by atoms with van der Waals surface area (Å²) in [6.07, 6.45) is 1.54. The summed E-state index contributed by atoms with van der Waals surface area (Å²) in [4.78, 5) is 12.8. The predicted molar refractivity (Wildman–Crippen MR) is 105 cm³/mol. The number of anilines is 1. The van der Waals surface area contributed by atoms with Gasteiger partial charge in [0.1, 0.15) is 11.3 Å². The van der Waals surface area contributed by atoms with E-state index in [1.807, 2.05) is 45.9 Å². The molecule has 1 aliphatic rings. The number of nitrogens with one attached hydrogen (secondary N) is 1. The van der Waals surface area contributed by atoms with Crippen LogP contribution in [-0.4, -0.2) is 30.8 Å². The molecule has 1 saturated carbocycles. The summed E-state index contributed by atoms with van der Waals surface area (Å²) in [7, 11) is 0. The maximum Gasteiger partial charge on any atom is 0.245 e. The number of ether oxygens (including phenoxy) is 2. The zero-order chi connectivity index (χ0) is 19.5. The molecule has 5 heteroatoms. The summed E-state index contributed by atoms with van der Waals surface area (Å²) in [6, 6.07) is 5.72. The highest BCUT2D eigenvalue weighted by atomic mass is 16.5. The van der Waals surface area contributed by atoms with Gasteiger partial charge in [-0.2, -0.15) is 0 Å². The van der Waals surface area contributed by atoms with Crippen molar-refractivity contribution < 1.29 is 14.3 Å². The lowest BCUT2D eigenvalue weighted by atomic mass is 9.54. The van der Waals surface area contributed by atoms with E-state index < -0.39 is 11.0 Å². The average Bonchev–Trinajstić information content (AvgIpc) is 2.56. The minimum Gasteiger partial charge on any atom is -0.493 e. The van der Waals surface area contributed by atoms with Gasteiger partial charge in [0.05, 0.1) is 12.7 Å². The molecule has 1 aliphatic carbocycles. The first-order valence-corrected chi connectivity index (χ1v) is 9.57. The van der Waals surface area contributed by atoms with Crippen LogP contribution in [0.15, 0.2) is 18.2 Å². The molecule has 146 valence electrons. The van der Waals surface area contributed by atoms with Crippen molar-refractivity contribution in [2.24, 2.45) is 17.1 Å². The molecule has 0 aromatic heterocycles. The summed E-state index contributed by atoms with van der Waals surface area (Å²) in [6.45, 7) is 13.6. The van der Waals surface area contributed by atoms with Gasteiger partial charge in [-0.3, -0.25) is 4.79 Å². The van der Waals surface area contributed by atoms with Crippen LogP contribution in [0, 0.1) is 18.3 Å². The van der Waals surface area contributed by atoms with Crippen LogP contribution in [0.4, 0.5) is 5.69 Å². The van der Waals surface area contributed by atoms with Gasteiger partial charge < -0.3 is 20.5 Å². The molecule has 0 radical (unpaired) electrons. The van der Waals surface area contributed by atoms with Crippen molar-refractivity contribution in [2.75, 3.05) is 18.5 Å². The molecule has 3 N–H and O–H groups in total. The van der Waals surface area contributed by atoms with Crippen molar-refractivity contribution in [2.45, 2.75) is 66.0 Å². The molecule has 1 fully saturated rings. The Balaban J connectivity index is 2.05. The Morgan fingerprint density at radius 2 is 2.08 bits per heavy atom. The van der Waals surface area contributed by atoms with Gasteiger partial charge in [-0.25, -0.2) is 0 Å². The number of hydrogen-bond acceptors (Lipinski definition) is 4. The molecule has 1 aromatic carbocycles. The van der Waals surface area contributed by atoms with Crippen molar-refractivity contribution in [3.63, 3.8) is 0 Å². The molecule has 2 rings (SSSR count). The highest BCUT2D eigenvalue weighted by Crippen LogP contribution is 2.50. The number of benzene rings is 1. The monoisotopic (exact) mass is 362 g/mol. The van der Waals surface area contributed by atoms with Gasteiger partial charge in [-0.05, 0) is 37.8 Å². The van der Waals surface area contributed by atoms with E-state index >= 15 is 0 Å². The summed E-state index contributed by atoms with van der Waals surface area (Å²) in [5.74, 6) is 1.22. The molecule has 1 amide bonds. The molecular formula is C21H34N2O3. The number of amides is 1. The van der Waals surface area contributed by atoms with E-state index in [9.17, 15) is 4.79 Å². The van der Waals surface area contributed by atoms with E-state index in [-0.39, 0.29) is 12.0 Å². The number of carbonyl (C=O) groups is 1. The first-order valence-electron chi connectivity index (χ1n) is 9.57. The second kappa shape index (κ2) is 7.97. The van der Waals surface area contributed by atoms with Crippen molar-refractivity contribution in [3.8, 4) is 5.75 Å². The lowest BCUT2D eigenvalue weighted by Crippen LogP contribution is -2.74. The Labute approximate surface area is 157 Å². The summed E-state index contributed by atoms with van der Waals surface area (Å²) < 4.78 is 11.6. The largest absolute Gasteiger partial charge is 0.493 e. The smallest absolute Gasteiger partial charge is 0.245 e. The van der Waals surface area contributed by atoms with E-state index in [1.165, 1.54) is 0 Å². The lowest BCUT2D eigenvalue weighted by Gasteiger charge is -2.57. The molecule has 26 heavy (non-hydrogen) atoms. The van der Waals surface area contributed by atoms with Gasteiger partial charge in [-0.1, -0.05) is 33.8 Å². The fourth-order valence-corrected chi connectivity index (χ4v) is 3.30. The Morgan fingerprint density at radius 3 is 2.65 bits per heavy atom. The summed E-state index contributed by atoms with van der Waals surface area (Å²) in [5, 5.41) is 2.97. The first kappa shape index (κ1) is 20.7. The zero-order valence-corrected chi connectivity index (χ0v) is 17.0. The molecule has 1 aromatic rings. The predicted octanol–water partition coefficient (Wildman–Crippen LogP) is 3.89. The molecule has 0 saturated heterocycles. The van der Waals surface area contributed by atoms with Crippen LogP contribution in [0.3, 0.4) is 0 Å². The SMILES string of the molecule is CCOC1CC(N)(C(=O)Nc2ccc(C)c(OCCC(C)C)c2)C1(C)C.